The van der Waals surface area contributed by atoms with Crippen LogP contribution in [0.15, 0.2) is 4.99 Å². The highest BCUT2D eigenvalue weighted by Crippen LogP contribution is 2.13. The number of piperazine rings is 1. The minimum atomic E-state index is -0.637. The van der Waals surface area contributed by atoms with E-state index in [0.29, 0.717) is 45.2 Å². The standard InChI is InChI=1S/C30H59N9O4/c1-23(11-9-15-36-28(33)34)27(41)35-16-10-18-39-21-19-38(20-22-39)17-8-7-13-25(40)24(12-5-6-14-26(31)32)37-29(42)43-30(2,3)4/h23-24H,5-22H2,1-4H3,(H3,31,32)(H,35,41)(H,37,42)(H4,33,34,36)/t23-,24-/m0/s1. The van der Waals surface area contributed by atoms with Crippen LogP contribution in [-0.4, -0.2) is 103 Å². The molecule has 2 atom stereocenters. The van der Waals surface area contributed by atoms with Crippen molar-refractivity contribution in [2.24, 2.45) is 28.1 Å². The number of hydrogen-bond acceptors (Lipinski definition) is 8. The lowest BCUT2D eigenvalue weighted by Crippen LogP contribution is -2.47. The molecule has 0 spiro atoms. The lowest BCUT2D eigenvalue weighted by Gasteiger charge is -2.34. The predicted octanol–water partition coefficient (Wildman–Crippen LogP) is 1.93. The van der Waals surface area contributed by atoms with Crippen LogP contribution in [0.1, 0.15) is 91.9 Å². The maximum Gasteiger partial charge on any atom is 0.408 e. The highest BCUT2D eigenvalue weighted by Gasteiger charge is 2.24. The highest BCUT2D eigenvalue weighted by atomic mass is 16.6. The zero-order valence-electron chi connectivity index (χ0n) is 27.1. The Morgan fingerprint density at radius 2 is 1.49 bits per heavy atom. The number of carbonyl (C=O) groups is 3. The van der Waals surface area contributed by atoms with Gasteiger partial charge in [-0.2, -0.15) is 0 Å². The van der Waals surface area contributed by atoms with Crippen LogP contribution in [0, 0.1) is 11.3 Å². The van der Waals surface area contributed by atoms with Crippen LogP contribution in [-0.2, 0) is 14.3 Å². The SMILES string of the molecule is C[C@@H](CCCN=C(N)N)C(=O)NCCCN1CCN(CCCCC(=O)[C@H](CCCCC(=N)N)NC(=O)OC(C)(C)C)CC1. The summed E-state index contributed by atoms with van der Waals surface area (Å²) < 4.78 is 5.35. The zero-order valence-corrected chi connectivity index (χ0v) is 27.1. The first kappa shape index (κ1) is 38.1. The second kappa shape index (κ2) is 20.9. The summed E-state index contributed by atoms with van der Waals surface area (Å²) in [5.41, 5.74) is 15.4. The number of nitrogens with zero attached hydrogens (tertiary/aromatic N) is 3. The van der Waals surface area contributed by atoms with E-state index >= 15 is 0 Å². The van der Waals surface area contributed by atoms with Gasteiger partial charge in [0.1, 0.15) is 5.60 Å². The van der Waals surface area contributed by atoms with Crippen LogP contribution in [0.5, 0.6) is 0 Å². The average molecular weight is 610 g/mol. The molecular weight excluding hydrogens is 550 g/mol. The van der Waals surface area contributed by atoms with Crippen LogP contribution >= 0.6 is 0 Å². The summed E-state index contributed by atoms with van der Waals surface area (Å²) in [7, 11) is 0. The number of guanidine groups is 1. The summed E-state index contributed by atoms with van der Waals surface area (Å²) in [6.07, 6.45) is 6.37. The van der Waals surface area contributed by atoms with E-state index in [1.807, 2.05) is 6.92 Å². The molecule has 0 aromatic carbocycles. The summed E-state index contributed by atoms with van der Waals surface area (Å²) in [4.78, 5) is 46.3. The molecule has 0 aromatic heterocycles. The van der Waals surface area contributed by atoms with Gasteiger partial charge < -0.3 is 42.4 Å². The number of amides is 2. The van der Waals surface area contributed by atoms with Gasteiger partial charge in [-0.15, -0.1) is 0 Å². The summed E-state index contributed by atoms with van der Waals surface area (Å²) in [5, 5.41) is 13.2. The molecule has 1 saturated heterocycles. The van der Waals surface area contributed by atoms with E-state index in [2.05, 4.69) is 25.4 Å². The number of amidine groups is 1. The third kappa shape index (κ3) is 19.8. The van der Waals surface area contributed by atoms with Crippen LogP contribution in [0.4, 0.5) is 4.79 Å². The van der Waals surface area contributed by atoms with Crippen molar-refractivity contribution in [2.45, 2.75) is 104 Å². The fourth-order valence-electron chi connectivity index (χ4n) is 4.90. The Bertz CT molecular complexity index is 879. The third-order valence-electron chi connectivity index (χ3n) is 7.37. The number of carbonyl (C=O) groups excluding carboxylic acids is 3. The molecule has 248 valence electrons. The van der Waals surface area contributed by atoms with Gasteiger partial charge in [-0.3, -0.25) is 20.0 Å². The number of nitrogens with two attached hydrogens (primary N) is 3. The highest BCUT2D eigenvalue weighted by molar-refractivity contribution is 5.87. The fourth-order valence-corrected chi connectivity index (χ4v) is 4.90. The summed E-state index contributed by atoms with van der Waals surface area (Å²) >= 11 is 0. The molecule has 13 nitrogen and oxygen atoms in total. The lowest BCUT2D eigenvalue weighted by molar-refractivity contribution is -0.124. The van der Waals surface area contributed by atoms with E-state index in [4.69, 9.17) is 27.3 Å². The second-order valence-corrected chi connectivity index (χ2v) is 12.6. The van der Waals surface area contributed by atoms with Crippen molar-refractivity contribution >= 4 is 29.6 Å². The Balaban J connectivity index is 2.26. The summed E-state index contributed by atoms with van der Waals surface area (Å²) in [6.45, 7) is 14.4. The van der Waals surface area contributed by atoms with Crippen molar-refractivity contribution in [1.29, 1.82) is 5.41 Å². The Morgan fingerprint density at radius 3 is 2.07 bits per heavy atom. The molecule has 0 aliphatic carbocycles. The largest absolute Gasteiger partial charge is 0.444 e. The molecule has 1 heterocycles. The molecule has 0 radical (unpaired) electrons. The van der Waals surface area contributed by atoms with Crippen LogP contribution in [0.2, 0.25) is 0 Å². The van der Waals surface area contributed by atoms with Crippen molar-refractivity contribution in [3.8, 4) is 0 Å². The monoisotopic (exact) mass is 609 g/mol. The Kier molecular flexibility index (Phi) is 18.5. The van der Waals surface area contributed by atoms with Gasteiger partial charge in [-0.05, 0) is 78.8 Å². The number of rotatable bonds is 21. The van der Waals surface area contributed by atoms with Crippen LogP contribution in [0.25, 0.3) is 0 Å². The third-order valence-corrected chi connectivity index (χ3v) is 7.37. The molecule has 0 bridgehead atoms. The number of nitrogens with one attached hydrogen (secondary N) is 3. The van der Waals surface area contributed by atoms with Crippen LogP contribution in [0.3, 0.4) is 0 Å². The Labute approximate surface area is 258 Å². The van der Waals surface area contributed by atoms with Crippen LogP contribution < -0.4 is 27.8 Å². The Morgan fingerprint density at radius 1 is 0.884 bits per heavy atom. The zero-order chi connectivity index (χ0) is 32.3. The number of Topliss-reactive ketones (excluding diaryl/α,β-unsaturated/α-hetero) is 1. The Hall–Kier alpha value is -2.93. The van der Waals surface area contributed by atoms with Crippen molar-refractivity contribution in [3.63, 3.8) is 0 Å². The molecule has 0 saturated carbocycles. The summed E-state index contributed by atoms with van der Waals surface area (Å²) in [6, 6.07) is -0.589. The quantitative estimate of drug-likeness (QED) is 0.0638. The number of alkyl carbamates (subject to hydrolysis) is 1. The fraction of sp³-hybridized carbons (Fsp3) is 0.833. The maximum atomic E-state index is 13.0. The predicted molar refractivity (Wildman–Crippen MR) is 172 cm³/mol. The van der Waals surface area contributed by atoms with E-state index in [-0.39, 0.29) is 29.4 Å². The van der Waals surface area contributed by atoms with Gasteiger partial charge in [-0.25, -0.2) is 4.79 Å². The molecule has 1 rings (SSSR count). The molecule has 0 aromatic rings. The average Bonchev–Trinajstić information content (AvgIpc) is 2.92. The molecule has 1 aliphatic rings. The molecular formula is C30H59N9O4. The molecule has 43 heavy (non-hydrogen) atoms. The van der Waals surface area contributed by atoms with E-state index in [1.54, 1.807) is 20.8 Å². The first-order valence-corrected chi connectivity index (χ1v) is 15.9. The molecule has 1 aliphatic heterocycles. The first-order valence-electron chi connectivity index (χ1n) is 15.9. The van der Waals surface area contributed by atoms with Gasteiger partial charge in [0.2, 0.25) is 5.91 Å². The lowest BCUT2D eigenvalue weighted by atomic mass is 10.00. The topological polar surface area (TPSA) is 205 Å². The molecule has 1 fully saturated rings. The van der Waals surface area contributed by atoms with Gasteiger partial charge in [0, 0.05) is 58.0 Å². The minimum absolute atomic E-state index is 0.0194. The van der Waals surface area contributed by atoms with Crippen molar-refractivity contribution in [2.75, 3.05) is 52.4 Å². The van der Waals surface area contributed by atoms with Crippen molar-refractivity contribution < 1.29 is 19.1 Å². The van der Waals surface area contributed by atoms with Gasteiger partial charge >= 0.3 is 6.09 Å². The molecule has 0 unspecified atom stereocenters. The first-order chi connectivity index (χ1) is 20.3. The van der Waals surface area contributed by atoms with Gasteiger partial charge in [0.15, 0.2) is 11.7 Å². The van der Waals surface area contributed by atoms with Gasteiger partial charge in [0.25, 0.3) is 0 Å². The number of unbranched alkanes of at least 4 members (excludes halogenated alkanes) is 2. The normalized spacial score (nSPS) is 15.7. The van der Waals surface area contributed by atoms with E-state index in [9.17, 15) is 14.4 Å². The molecule has 13 heteroatoms. The number of ether oxygens (including phenoxy) is 1. The smallest absolute Gasteiger partial charge is 0.408 e. The number of aliphatic imine (C=N–C) groups is 1. The van der Waals surface area contributed by atoms with Gasteiger partial charge in [0.05, 0.1) is 11.9 Å². The van der Waals surface area contributed by atoms with E-state index in [1.165, 1.54) is 0 Å². The second-order valence-electron chi connectivity index (χ2n) is 12.6. The maximum absolute atomic E-state index is 13.0. The van der Waals surface area contributed by atoms with E-state index < -0.39 is 17.7 Å². The van der Waals surface area contributed by atoms with Crippen molar-refractivity contribution in [3.05, 3.63) is 0 Å². The van der Waals surface area contributed by atoms with Crippen molar-refractivity contribution in [1.82, 2.24) is 20.4 Å². The molecule has 2 amide bonds. The van der Waals surface area contributed by atoms with Gasteiger partial charge in [-0.1, -0.05) is 13.3 Å². The summed E-state index contributed by atoms with van der Waals surface area (Å²) in [5.74, 6) is 0.252. The number of hydrogen-bond donors (Lipinski definition) is 6. The minimum Gasteiger partial charge on any atom is -0.444 e. The van der Waals surface area contributed by atoms with E-state index in [0.717, 1.165) is 71.4 Å². The molecule has 9 N–H and O–H groups in total. The number of ketones is 1.